The SMILES string of the molecule is C.C.OB(O)CCB(O)O. The van der Waals surface area contributed by atoms with Crippen molar-refractivity contribution in [2.45, 2.75) is 27.5 Å². The number of hydrogen-bond acceptors (Lipinski definition) is 4. The van der Waals surface area contributed by atoms with Crippen LogP contribution >= 0.6 is 0 Å². The van der Waals surface area contributed by atoms with Crippen LogP contribution in [0, 0.1) is 0 Å². The molecule has 0 fully saturated rings. The lowest BCUT2D eigenvalue weighted by molar-refractivity contribution is 0.389. The molecule has 0 aliphatic carbocycles. The molecule has 4 N–H and O–H groups in total. The van der Waals surface area contributed by atoms with Crippen LogP contribution in [0.5, 0.6) is 0 Å². The lowest BCUT2D eigenvalue weighted by Crippen LogP contribution is -2.17. The van der Waals surface area contributed by atoms with Gasteiger partial charge in [0.1, 0.15) is 0 Å². The van der Waals surface area contributed by atoms with Gasteiger partial charge in [0.2, 0.25) is 0 Å². The maximum Gasteiger partial charge on any atom is 0.450 e. The standard InChI is InChI=1S/C2H8B2O4.2CH4/c5-3(6)1-2-4(7)8;;/h5-8H,1-2H2;2*1H4. The molecule has 0 aliphatic heterocycles. The lowest BCUT2D eigenvalue weighted by atomic mass is 9.72. The van der Waals surface area contributed by atoms with E-state index in [1.165, 1.54) is 0 Å². The van der Waals surface area contributed by atoms with Crippen LogP contribution in [-0.4, -0.2) is 34.3 Å². The minimum Gasteiger partial charge on any atom is -0.427 e. The fraction of sp³-hybridized carbons (Fsp3) is 1.00. The van der Waals surface area contributed by atoms with E-state index in [0.29, 0.717) is 0 Å². The first-order valence-electron chi connectivity index (χ1n) is 2.35. The summed E-state index contributed by atoms with van der Waals surface area (Å²) in [6, 6.07) is 0. The highest BCUT2D eigenvalue weighted by molar-refractivity contribution is 6.47. The molecule has 0 spiro atoms. The molecule has 62 valence electrons. The molecule has 0 saturated heterocycles. The van der Waals surface area contributed by atoms with Gasteiger partial charge in [-0.1, -0.05) is 14.9 Å². The second kappa shape index (κ2) is 8.97. The fourth-order valence-electron chi connectivity index (χ4n) is 0.298. The highest BCUT2D eigenvalue weighted by atomic mass is 16.4. The summed E-state index contributed by atoms with van der Waals surface area (Å²) >= 11 is 0. The molecule has 0 rings (SSSR count). The summed E-state index contributed by atoms with van der Waals surface area (Å²) in [6.07, 6.45) is -0.00463. The highest BCUT2D eigenvalue weighted by Gasteiger charge is 2.12. The molecule has 0 aromatic heterocycles. The normalized spacial score (nSPS) is 7.20. The van der Waals surface area contributed by atoms with Crippen molar-refractivity contribution in [1.29, 1.82) is 0 Å². The monoisotopic (exact) mass is 150 g/mol. The largest absolute Gasteiger partial charge is 0.450 e. The second-order valence-electron chi connectivity index (χ2n) is 1.54. The second-order valence-corrected chi connectivity index (χ2v) is 1.54. The molecule has 0 aromatic rings. The first-order chi connectivity index (χ1) is 3.63. The third-order valence-electron chi connectivity index (χ3n) is 0.683. The fourth-order valence-corrected chi connectivity index (χ4v) is 0.298. The molecule has 0 atom stereocenters. The zero-order valence-corrected chi connectivity index (χ0v) is 4.36. The van der Waals surface area contributed by atoms with Gasteiger partial charge in [-0.05, 0) is 12.6 Å². The smallest absolute Gasteiger partial charge is 0.427 e. The molecule has 0 heterocycles. The summed E-state index contributed by atoms with van der Waals surface area (Å²) in [4.78, 5) is 0. The van der Waals surface area contributed by atoms with Gasteiger partial charge in [-0.15, -0.1) is 0 Å². The van der Waals surface area contributed by atoms with Gasteiger partial charge in [0.25, 0.3) is 0 Å². The van der Waals surface area contributed by atoms with E-state index in [4.69, 9.17) is 20.1 Å². The van der Waals surface area contributed by atoms with Gasteiger partial charge >= 0.3 is 14.2 Å². The van der Waals surface area contributed by atoms with Gasteiger partial charge in [0, 0.05) is 0 Å². The Hall–Kier alpha value is -0.0301. The van der Waals surface area contributed by atoms with Crippen molar-refractivity contribution < 1.29 is 20.1 Å². The summed E-state index contributed by atoms with van der Waals surface area (Å²) < 4.78 is 0. The Bertz CT molecular complexity index is 51.2. The van der Waals surface area contributed by atoms with Gasteiger partial charge in [-0.25, -0.2) is 0 Å². The van der Waals surface area contributed by atoms with Crippen molar-refractivity contribution in [1.82, 2.24) is 0 Å². The Labute approximate surface area is 62.8 Å². The topological polar surface area (TPSA) is 80.9 Å². The van der Waals surface area contributed by atoms with E-state index in [-0.39, 0.29) is 27.5 Å². The molecule has 0 aromatic carbocycles. The van der Waals surface area contributed by atoms with E-state index in [1.807, 2.05) is 0 Å². The average Bonchev–Trinajstić information content (AvgIpc) is 1.61. The van der Waals surface area contributed by atoms with E-state index in [2.05, 4.69) is 0 Å². The van der Waals surface area contributed by atoms with Gasteiger partial charge in [0.05, 0.1) is 0 Å². The quantitative estimate of drug-likeness (QED) is 0.397. The van der Waals surface area contributed by atoms with E-state index in [0.717, 1.165) is 0 Å². The van der Waals surface area contributed by atoms with Crippen LogP contribution in [0.4, 0.5) is 0 Å². The van der Waals surface area contributed by atoms with E-state index >= 15 is 0 Å². The van der Waals surface area contributed by atoms with Gasteiger partial charge in [0.15, 0.2) is 0 Å². The van der Waals surface area contributed by atoms with Crippen LogP contribution in [0.15, 0.2) is 0 Å². The Morgan fingerprint density at radius 3 is 1.00 bits per heavy atom. The van der Waals surface area contributed by atoms with Crippen LogP contribution in [0.3, 0.4) is 0 Å². The number of rotatable bonds is 3. The van der Waals surface area contributed by atoms with E-state index < -0.39 is 14.2 Å². The maximum absolute atomic E-state index is 8.13. The maximum atomic E-state index is 8.13. The minimum absolute atomic E-state index is 0. The molecule has 0 radical (unpaired) electrons. The number of hydrogen-bond donors (Lipinski definition) is 4. The molecule has 0 amide bonds. The van der Waals surface area contributed by atoms with Crippen LogP contribution in [0.2, 0.25) is 12.6 Å². The van der Waals surface area contributed by atoms with Gasteiger partial charge < -0.3 is 20.1 Å². The predicted molar refractivity (Wildman–Crippen MR) is 43.5 cm³/mol. The molecular formula is C4H16B2O4. The molecule has 10 heavy (non-hydrogen) atoms. The van der Waals surface area contributed by atoms with Crippen LogP contribution < -0.4 is 0 Å². The molecule has 4 nitrogen and oxygen atoms in total. The van der Waals surface area contributed by atoms with Gasteiger partial charge in [-0.2, -0.15) is 0 Å². The molecular weight excluding hydrogens is 134 g/mol. The Balaban J connectivity index is -0.000000245. The molecule has 0 saturated carbocycles. The molecule has 0 aliphatic rings. The molecule has 0 bridgehead atoms. The zero-order chi connectivity index (χ0) is 6.57. The first-order valence-corrected chi connectivity index (χ1v) is 2.35. The first kappa shape index (κ1) is 16.5. The Morgan fingerprint density at radius 1 is 0.700 bits per heavy atom. The minimum atomic E-state index is -1.43. The third kappa shape index (κ3) is 15.7. The Kier molecular flexibility index (Phi) is 14.8. The summed E-state index contributed by atoms with van der Waals surface area (Å²) in [5, 5.41) is 32.5. The molecule has 6 heteroatoms. The third-order valence-corrected chi connectivity index (χ3v) is 0.683. The predicted octanol–water partition coefficient (Wildman–Crippen LogP) is -0.796. The summed E-state index contributed by atoms with van der Waals surface area (Å²) in [6.45, 7) is 0. The average molecular weight is 150 g/mol. The summed E-state index contributed by atoms with van der Waals surface area (Å²) in [5.41, 5.74) is 0. The lowest BCUT2D eigenvalue weighted by Gasteiger charge is -1.95. The summed E-state index contributed by atoms with van der Waals surface area (Å²) in [5.74, 6) is 0. The van der Waals surface area contributed by atoms with Crippen LogP contribution in [0.25, 0.3) is 0 Å². The van der Waals surface area contributed by atoms with Crippen molar-refractivity contribution >= 4 is 14.2 Å². The summed E-state index contributed by atoms with van der Waals surface area (Å²) in [7, 11) is -2.87. The Morgan fingerprint density at radius 2 is 0.900 bits per heavy atom. The van der Waals surface area contributed by atoms with Crippen molar-refractivity contribution in [3.63, 3.8) is 0 Å². The molecule has 0 unspecified atom stereocenters. The van der Waals surface area contributed by atoms with Crippen molar-refractivity contribution in [3.05, 3.63) is 0 Å². The van der Waals surface area contributed by atoms with Crippen molar-refractivity contribution in [2.24, 2.45) is 0 Å². The van der Waals surface area contributed by atoms with Crippen molar-refractivity contribution in [2.75, 3.05) is 0 Å². The highest BCUT2D eigenvalue weighted by Crippen LogP contribution is 1.93. The zero-order valence-electron chi connectivity index (χ0n) is 4.36. The van der Waals surface area contributed by atoms with E-state index in [9.17, 15) is 0 Å². The van der Waals surface area contributed by atoms with Crippen molar-refractivity contribution in [3.8, 4) is 0 Å². The van der Waals surface area contributed by atoms with Crippen LogP contribution in [-0.2, 0) is 0 Å². The van der Waals surface area contributed by atoms with Crippen LogP contribution in [0.1, 0.15) is 14.9 Å². The van der Waals surface area contributed by atoms with E-state index in [1.54, 1.807) is 0 Å². The van der Waals surface area contributed by atoms with Gasteiger partial charge in [-0.3, -0.25) is 0 Å².